The van der Waals surface area contributed by atoms with Gasteiger partial charge >= 0.3 is 0 Å². The minimum absolute atomic E-state index is 0.157. The van der Waals surface area contributed by atoms with Crippen molar-refractivity contribution < 1.29 is 0 Å². The number of benzene rings is 6. The molecule has 0 saturated carbocycles. The fraction of sp³-hybridized carbons (Fsp3) is 0.0400. The van der Waals surface area contributed by atoms with E-state index in [1.807, 2.05) is 42.6 Å². The van der Waals surface area contributed by atoms with Gasteiger partial charge in [0.05, 0.1) is 11.6 Å². The Morgan fingerprint density at radius 2 is 1.12 bits per heavy atom. The van der Waals surface area contributed by atoms with Crippen LogP contribution in [0.5, 0.6) is 0 Å². The van der Waals surface area contributed by atoms with Gasteiger partial charge in [0.15, 0.2) is 17.5 Å². The lowest BCUT2D eigenvalue weighted by Crippen LogP contribution is -2.31. The van der Waals surface area contributed by atoms with Gasteiger partial charge in [0.2, 0.25) is 0 Å². The maximum atomic E-state index is 5.14. The molecule has 11 rings (SSSR count). The van der Waals surface area contributed by atoms with E-state index in [1.165, 1.54) is 39.2 Å². The number of nitrogens with zero attached hydrogens (tertiary/aromatic N) is 6. The number of fused-ring (bicyclic) bond motifs is 6. The SMILES string of the molecule is C1=C2c3ccccc3N(c3ccccc3)C2Cc2c1c1ccccc1n2-c1ccc(-c2nc(-c3ccccc3)nc(-c3cccc(-c4ccccc4)c3)n2)cn1. The highest BCUT2D eigenvalue weighted by Gasteiger charge is 2.39. The van der Waals surface area contributed by atoms with Crippen LogP contribution < -0.4 is 4.90 Å². The normalized spacial score (nSPS) is 14.2. The van der Waals surface area contributed by atoms with Gasteiger partial charge in [-0.2, -0.15) is 0 Å². The van der Waals surface area contributed by atoms with E-state index in [9.17, 15) is 0 Å². The summed E-state index contributed by atoms with van der Waals surface area (Å²) in [5.41, 5.74) is 13.7. The molecule has 6 aromatic carbocycles. The maximum Gasteiger partial charge on any atom is 0.165 e. The Kier molecular flexibility index (Phi) is 7.52. The molecule has 9 aromatic rings. The molecule has 6 heteroatoms. The lowest BCUT2D eigenvalue weighted by molar-refractivity contribution is 0.766. The predicted molar refractivity (Wildman–Crippen MR) is 227 cm³/mol. The molecule has 1 unspecified atom stereocenters. The molecule has 1 aliphatic carbocycles. The molecule has 0 N–H and O–H groups in total. The molecule has 0 amide bonds. The van der Waals surface area contributed by atoms with Crippen molar-refractivity contribution in [2.24, 2.45) is 0 Å². The van der Waals surface area contributed by atoms with Crippen molar-refractivity contribution in [3.05, 3.63) is 199 Å². The van der Waals surface area contributed by atoms with E-state index in [4.69, 9.17) is 19.9 Å². The Labute approximate surface area is 324 Å². The second-order valence-electron chi connectivity index (χ2n) is 14.3. The average molecular weight is 719 g/mol. The van der Waals surface area contributed by atoms with Gasteiger partial charge in [0.1, 0.15) is 5.82 Å². The first-order chi connectivity index (χ1) is 27.8. The third kappa shape index (κ3) is 5.34. The smallest absolute Gasteiger partial charge is 0.165 e. The van der Waals surface area contributed by atoms with Gasteiger partial charge in [-0.05, 0) is 65.2 Å². The highest BCUT2D eigenvalue weighted by molar-refractivity contribution is 6.05. The first kappa shape index (κ1) is 32.0. The summed E-state index contributed by atoms with van der Waals surface area (Å²) in [6.45, 7) is 0. The number of para-hydroxylation sites is 3. The van der Waals surface area contributed by atoms with Crippen molar-refractivity contribution >= 4 is 33.9 Å². The average Bonchev–Trinajstić information content (AvgIpc) is 3.78. The zero-order valence-electron chi connectivity index (χ0n) is 30.4. The van der Waals surface area contributed by atoms with Crippen molar-refractivity contribution in [3.63, 3.8) is 0 Å². The van der Waals surface area contributed by atoms with E-state index in [2.05, 4.69) is 155 Å². The molecular formula is C50H34N6. The molecule has 0 bridgehead atoms. The zero-order valence-corrected chi connectivity index (χ0v) is 30.4. The van der Waals surface area contributed by atoms with Crippen LogP contribution in [0.2, 0.25) is 0 Å². The summed E-state index contributed by atoms with van der Waals surface area (Å²) in [6.07, 6.45) is 5.15. The molecule has 4 heterocycles. The third-order valence-corrected chi connectivity index (χ3v) is 11.0. The molecule has 1 aliphatic heterocycles. The van der Waals surface area contributed by atoms with Crippen LogP contribution in [0.3, 0.4) is 0 Å². The lowest BCUT2D eigenvalue weighted by atomic mass is 9.89. The van der Waals surface area contributed by atoms with Gasteiger partial charge in [-0.15, -0.1) is 0 Å². The summed E-state index contributed by atoms with van der Waals surface area (Å²) < 4.78 is 2.34. The number of hydrogen-bond acceptors (Lipinski definition) is 5. The fourth-order valence-electron chi connectivity index (χ4n) is 8.45. The summed E-state index contributed by atoms with van der Waals surface area (Å²) in [7, 11) is 0. The summed E-state index contributed by atoms with van der Waals surface area (Å²) >= 11 is 0. The Morgan fingerprint density at radius 3 is 1.89 bits per heavy atom. The van der Waals surface area contributed by atoms with Crippen LogP contribution in [0.1, 0.15) is 16.8 Å². The topological polar surface area (TPSA) is 59.7 Å². The monoisotopic (exact) mass is 718 g/mol. The molecule has 0 saturated heterocycles. The van der Waals surface area contributed by atoms with Gasteiger partial charge in [-0.3, -0.25) is 4.57 Å². The maximum absolute atomic E-state index is 5.14. The number of rotatable bonds is 6. The van der Waals surface area contributed by atoms with Gasteiger partial charge in [0, 0.05) is 62.9 Å². The van der Waals surface area contributed by atoms with Crippen LogP contribution in [0.15, 0.2) is 182 Å². The first-order valence-corrected chi connectivity index (χ1v) is 19.0. The molecule has 56 heavy (non-hydrogen) atoms. The molecule has 264 valence electrons. The summed E-state index contributed by atoms with van der Waals surface area (Å²) in [5.74, 6) is 2.67. The van der Waals surface area contributed by atoms with Crippen molar-refractivity contribution in [2.75, 3.05) is 4.90 Å². The summed E-state index contributed by atoms with van der Waals surface area (Å²) in [5, 5.41) is 1.22. The van der Waals surface area contributed by atoms with Gasteiger partial charge in [0.25, 0.3) is 0 Å². The van der Waals surface area contributed by atoms with Crippen molar-refractivity contribution in [1.29, 1.82) is 0 Å². The number of anilines is 2. The Hall–Kier alpha value is -7.44. The number of hydrogen-bond donors (Lipinski definition) is 0. The van der Waals surface area contributed by atoms with Crippen molar-refractivity contribution in [2.45, 2.75) is 12.5 Å². The van der Waals surface area contributed by atoms with Crippen molar-refractivity contribution in [3.8, 4) is 51.1 Å². The summed E-state index contributed by atoms with van der Waals surface area (Å²) in [6, 6.07) is 61.4. The van der Waals surface area contributed by atoms with E-state index < -0.39 is 0 Å². The lowest BCUT2D eigenvalue weighted by Gasteiger charge is -2.30. The van der Waals surface area contributed by atoms with Crippen LogP contribution in [-0.4, -0.2) is 30.5 Å². The first-order valence-electron chi connectivity index (χ1n) is 19.0. The second kappa shape index (κ2) is 13.1. The van der Waals surface area contributed by atoms with Gasteiger partial charge in [-0.25, -0.2) is 19.9 Å². The van der Waals surface area contributed by atoms with Crippen LogP contribution in [0, 0.1) is 0 Å². The largest absolute Gasteiger partial charge is 0.333 e. The van der Waals surface area contributed by atoms with E-state index in [-0.39, 0.29) is 6.04 Å². The zero-order chi connectivity index (χ0) is 37.0. The fourth-order valence-corrected chi connectivity index (χ4v) is 8.45. The molecule has 0 fully saturated rings. The standard InChI is InChI=1S/C50H34N6/c1-4-15-33(16-5-1)35-19-14-20-36(29-35)49-52-48(34-17-6-2-7-18-34)53-50(54-49)37-27-28-47(51-32-37)56-44-26-13-11-24-40(44)42-30-41-39-23-10-12-25-43(39)55(45(41)31-46(42)56)38-21-8-3-9-22-38/h1-30,32,45H,31H2. The molecule has 1 atom stereocenters. The van der Waals surface area contributed by atoms with Gasteiger partial charge < -0.3 is 4.90 Å². The number of pyridine rings is 1. The van der Waals surface area contributed by atoms with E-state index >= 15 is 0 Å². The van der Waals surface area contributed by atoms with Gasteiger partial charge in [-0.1, -0.05) is 133 Å². The second-order valence-corrected chi connectivity index (χ2v) is 14.3. The predicted octanol–water partition coefficient (Wildman–Crippen LogP) is 11.5. The molecule has 2 aliphatic rings. The van der Waals surface area contributed by atoms with Crippen LogP contribution in [0.4, 0.5) is 11.4 Å². The van der Waals surface area contributed by atoms with E-state index in [0.29, 0.717) is 17.5 Å². The molecule has 6 nitrogen and oxygen atoms in total. The minimum Gasteiger partial charge on any atom is -0.333 e. The van der Waals surface area contributed by atoms with Crippen molar-refractivity contribution in [1.82, 2.24) is 24.5 Å². The minimum atomic E-state index is 0.157. The van der Waals surface area contributed by atoms with Crippen LogP contribution in [0.25, 0.3) is 73.7 Å². The molecule has 0 spiro atoms. The Bertz CT molecular complexity index is 2930. The molecule has 0 radical (unpaired) electrons. The highest BCUT2D eigenvalue weighted by Crippen LogP contribution is 2.50. The highest BCUT2D eigenvalue weighted by atomic mass is 15.2. The molecule has 3 aromatic heterocycles. The quantitative estimate of drug-likeness (QED) is 0.171. The summed E-state index contributed by atoms with van der Waals surface area (Å²) in [4.78, 5) is 22.7. The Balaban J connectivity index is 1.02. The van der Waals surface area contributed by atoms with E-state index in [1.54, 1.807) is 0 Å². The Morgan fingerprint density at radius 1 is 0.500 bits per heavy atom. The van der Waals surface area contributed by atoms with Crippen LogP contribution in [-0.2, 0) is 6.42 Å². The molecular weight excluding hydrogens is 685 g/mol. The van der Waals surface area contributed by atoms with E-state index in [0.717, 1.165) is 45.6 Å². The van der Waals surface area contributed by atoms with Crippen LogP contribution >= 0.6 is 0 Å². The number of aromatic nitrogens is 5. The third-order valence-electron chi connectivity index (χ3n) is 11.0.